The number of hydrogen-bond acceptors (Lipinski definition) is 4. The fraction of sp³-hybridized carbons (Fsp3) is 0.412. The topological polar surface area (TPSA) is 93.1 Å². The second-order valence-electron chi connectivity index (χ2n) is 6.52. The van der Waals surface area contributed by atoms with Crippen molar-refractivity contribution in [2.45, 2.75) is 32.4 Å². The van der Waals surface area contributed by atoms with Crippen molar-refractivity contribution < 1.29 is 13.2 Å². The number of aromatic nitrogens is 2. The van der Waals surface area contributed by atoms with E-state index in [0.29, 0.717) is 12.2 Å². The molecule has 1 atom stereocenters. The van der Waals surface area contributed by atoms with Gasteiger partial charge in [-0.15, -0.1) is 0 Å². The summed E-state index contributed by atoms with van der Waals surface area (Å²) in [6, 6.07) is 10.9. The summed E-state index contributed by atoms with van der Waals surface area (Å²) in [5.74, 6) is 0.700. The Balaban J connectivity index is 1.75. The average molecular weight is 362 g/mol. The van der Waals surface area contributed by atoms with E-state index in [0.717, 1.165) is 11.3 Å². The number of carbonyl (C=O) groups excluding carboxylic acids is 1. The van der Waals surface area contributed by atoms with Crippen LogP contribution in [0.25, 0.3) is 11.3 Å². The predicted molar refractivity (Wildman–Crippen MR) is 97.3 cm³/mol. The molecule has 1 aliphatic rings. The van der Waals surface area contributed by atoms with Gasteiger partial charge in [-0.3, -0.25) is 5.32 Å². The van der Waals surface area contributed by atoms with Gasteiger partial charge in [-0.25, -0.2) is 17.9 Å². The molecule has 2 aromatic rings. The Morgan fingerprint density at radius 2 is 2.00 bits per heavy atom. The lowest BCUT2D eigenvalue weighted by molar-refractivity contribution is 0.249. The molecule has 1 aromatic heterocycles. The summed E-state index contributed by atoms with van der Waals surface area (Å²) in [5, 5.41) is 10.1. The summed E-state index contributed by atoms with van der Waals surface area (Å²) >= 11 is 0. The van der Waals surface area contributed by atoms with Gasteiger partial charge in [0.15, 0.2) is 9.84 Å². The maximum Gasteiger partial charge on any atom is 0.320 e. The molecule has 2 amide bonds. The number of carbonyl (C=O) groups is 1. The van der Waals surface area contributed by atoms with Crippen LogP contribution >= 0.6 is 0 Å². The Bertz CT molecular complexity index is 859. The summed E-state index contributed by atoms with van der Waals surface area (Å²) in [7, 11) is -3.03. The lowest BCUT2D eigenvalue weighted by atomic mass is 10.2. The van der Waals surface area contributed by atoms with E-state index in [4.69, 9.17) is 0 Å². The first-order chi connectivity index (χ1) is 11.8. The molecule has 1 aromatic carbocycles. The number of hydrogen-bond donors (Lipinski definition) is 2. The first-order valence-electron chi connectivity index (χ1n) is 8.27. The minimum Gasteiger partial charge on any atom is -0.334 e. The molecular formula is C17H22N4O3S. The van der Waals surface area contributed by atoms with E-state index >= 15 is 0 Å². The Morgan fingerprint density at radius 1 is 1.28 bits per heavy atom. The van der Waals surface area contributed by atoms with Crippen molar-refractivity contribution in [3.05, 3.63) is 36.4 Å². The monoisotopic (exact) mass is 362 g/mol. The van der Waals surface area contributed by atoms with Crippen LogP contribution in [0.3, 0.4) is 0 Å². The molecule has 3 rings (SSSR count). The number of benzene rings is 1. The smallest absolute Gasteiger partial charge is 0.320 e. The van der Waals surface area contributed by atoms with Gasteiger partial charge in [-0.2, -0.15) is 5.10 Å². The highest BCUT2D eigenvalue weighted by atomic mass is 32.2. The third kappa shape index (κ3) is 4.19. The standard InChI is InChI=1S/C17H22N4O3S/c1-12(2)21-16(10-15(20-21)13-6-4-3-5-7-13)19-17(22)18-14-8-9-25(23,24)11-14/h3-7,10,12,14H,8-9,11H2,1-2H3,(H2,18,19,22). The number of urea groups is 1. The van der Waals surface area contributed by atoms with E-state index in [1.807, 2.05) is 50.2 Å². The molecule has 7 nitrogen and oxygen atoms in total. The zero-order chi connectivity index (χ0) is 18.0. The molecule has 0 saturated carbocycles. The maximum absolute atomic E-state index is 12.2. The summed E-state index contributed by atoms with van der Waals surface area (Å²) in [6.07, 6.45) is 0.453. The van der Waals surface area contributed by atoms with Crippen molar-refractivity contribution in [1.29, 1.82) is 0 Å². The van der Waals surface area contributed by atoms with Gasteiger partial charge in [0.2, 0.25) is 0 Å². The Kier molecular flexibility index (Phi) is 4.80. The third-order valence-electron chi connectivity index (χ3n) is 4.10. The Hall–Kier alpha value is -2.35. The van der Waals surface area contributed by atoms with Crippen LogP contribution in [0, 0.1) is 0 Å². The van der Waals surface area contributed by atoms with Crippen LogP contribution in [0.4, 0.5) is 10.6 Å². The van der Waals surface area contributed by atoms with E-state index in [9.17, 15) is 13.2 Å². The molecule has 1 saturated heterocycles. The van der Waals surface area contributed by atoms with Crippen molar-refractivity contribution in [2.75, 3.05) is 16.8 Å². The second kappa shape index (κ2) is 6.87. The van der Waals surface area contributed by atoms with Crippen LogP contribution in [-0.4, -0.2) is 41.8 Å². The minimum absolute atomic E-state index is 0.000865. The Labute approximate surface area is 147 Å². The second-order valence-corrected chi connectivity index (χ2v) is 8.75. The van der Waals surface area contributed by atoms with Crippen molar-refractivity contribution in [1.82, 2.24) is 15.1 Å². The van der Waals surface area contributed by atoms with Crippen molar-refractivity contribution in [2.24, 2.45) is 0 Å². The van der Waals surface area contributed by atoms with E-state index in [1.54, 1.807) is 4.68 Å². The molecule has 134 valence electrons. The normalized spacial score (nSPS) is 19.1. The number of amides is 2. The first kappa shape index (κ1) is 17.5. The van der Waals surface area contributed by atoms with Gasteiger partial charge in [0.1, 0.15) is 5.82 Å². The average Bonchev–Trinajstić information content (AvgIpc) is 3.11. The number of rotatable bonds is 4. The van der Waals surface area contributed by atoms with Crippen LogP contribution in [0.1, 0.15) is 26.3 Å². The molecular weight excluding hydrogens is 340 g/mol. The van der Waals surface area contributed by atoms with Crippen molar-refractivity contribution >= 4 is 21.7 Å². The summed E-state index contributed by atoms with van der Waals surface area (Å²) < 4.78 is 24.7. The number of nitrogens with zero attached hydrogens (tertiary/aromatic N) is 2. The zero-order valence-corrected chi connectivity index (χ0v) is 15.1. The molecule has 0 bridgehead atoms. The highest BCUT2D eigenvalue weighted by Crippen LogP contribution is 2.24. The first-order valence-corrected chi connectivity index (χ1v) is 10.1. The molecule has 1 unspecified atom stereocenters. The number of sulfone groups is 1. The van der Waals surface area contributed by atoms with E-state index in [-0.39, 0.29) is 23.6 Å². The van der Waals surface area contributed by atoms with E-state index < -0.39 is 15.9 Å². The van der Waals surface area contributed by atoms with Gasteiger partial charge < -0.3 is 5.32 Å². The third-order valence-corrected chi connectivity index (χ3v) is 5.87. The van der Waals surface area contributed by atoms with Crippen LogP contribution < -0.4 is 10.6 Å². The molecule has 8 heteroatoms. The fourth-order valence-corrected chi connectivity index (χ4v) is 4.55. The summed E-state index contributed by atoms with van der Waals surface area (Å²) in [5.41, 5.74) is 1.74. The minimum atomic E-state index is -3.03. The zero-order valence-electron chi connectivity index (χ0n) is 14.3. The summed E-state index contributed by atoms with van der Waals surface area (Å²) in [4.78, 5) is 12.2. The number of nitrogens with one attached hydrogen (secondary N) is 2. The highest BCUT2D eigenvalue weighted by Gasteiger charge is 2.29. The summed E-state index contributed by atoms with van der Waals surface area (Å²) in [6.45, 7) is 3.96. The quantitative estimate of drug-likeness (QED) is 0.874. The van der Waals surface area contributed by atoms with Crippen molar-refractivity contribution in [3.63, 3.8) is 0 Å². The van der Waals surface area contributed by atoms with Crippen molar-refractivity contribution in [3.8, 4) is 11.3 Å². The molecule has 0 aliphatic carbocycles. The molecule has 2 N–H and O–H groups in total. The molecule has 0 spiro atoms. The van der Waals surface area contributed by atoms with Gasteiger partial charge in [0, 0.05) is 23.7 Å². The molecule has 2 heterocycles. The van der Waals surface area contributed by atoms with Crippen LogP contribution in [0.5, 0.6) is 0 Å². The highest BCUT2D eigenvalue weighted by molar-refractivity contribution is 7.91. The molecule has 1 fully saturated rings. The fourth-order valence-electron chi connectivity index (χ4n) is 2.88. The van der Waals surface area contributed by atoms with Crippen LogP contribution in [0.15, 0.2) is 36.4 Å². The lowest BCUT2D eigenvalue weighted by Gasteiger charge is -2.14. The molecule has 1 aliphatic heterocycles. The van der Waals surface area contributed by atoms with E-state index in [1.165, 1.54) is 0 Å². The van der Waals surface area contributed by atoms with Gasteiger partial charge >= 0.3 is 6.03 Å². The van der Waals surface area contributed by atoms with Gasteiger partial charge in [0.05, 0.1) is 17.2 Å². The lowest BCUT2D eigenvalue weighted by Crippen LogP contribution is -2.39. The largest absolute Gasteiger partial charge is 0.334 e. The maximum atomic E-state index is 12.2. The molecule has 25 heavy (non-hydrogen) atoms. The Morgan fingerprint density at radius 3 is 2.60 bits per heavy atom. The van der Waals surface area contributed by atoms with Gasteiger partial charge in [0.25, 0.3) is 0 Å². The van der Waals surface area contributed by atoms with Gasteiger partial charge in [-0.1, -0.05) is 30.3 Å². The van der Waals surface area contributed by atoms with Crippen LogP contribution in [0.2, 0.25) is 0 Å². The number of anilines is 1. The van der Waals surface area contributed by atoms with Gasteiger partial charge in [-0.05, 0) is 20.3 Å². The SMILES string of the molecule is CC(C)n1nc(-c2ccccc2)cc1NC(=O)NC1CCS(=O)(=O)C1. The predicted octanol–water partition coefficient (Wildman–Crippen LogP) is 2.44. The van der Waals surface area contributed by atoms with Crippen LogP contribution in [-0.2, 0) is 9.84 Å². The van der Waals surface area contributed by atoms with E-state index in [2.05, 4.69) is 15.7 Å². The molecule has 0 radical (unpaired) electrons.